The third-order valence-electron chi connectivity index (χ3n) is 17.3. The summed E-state index contributed by atoms with van der Waals surface area (Å²) in [5.74, 6) is -7.29. The Labute approximate surface area is 540 Å². The predicted molar refractivity (Wildman–Crippen MR) is 338 cm³/mol. The van der Waals surface area contributed by atoms with Crippen molar-refractivity contribution >= 4 is 76.2 Å². The fraction of sp³-hybridized carbons (Fsp3) is 0.708. The molecule has 0 unspecified atom stereocenters. The monoisotopic (exact) mass is 1290 g/mol. The van der Waals surface area contributed by atoms with E-state index in [2.05, 4.69) is 26.3 Å². The molecule has 0 saturated carbocycles. The minimum absolute atomic E-state index is 0.0951. The number of likely N-dealkylation sites (N-methyl/N-ethyl adjacent to an activating group) is 2. The summed E-state index contributed by atoms with van der Waals surface area (Å²) in [6.45, 7) is 20.4. The Morgan fingerprint density at radius 1 is 0.793 bits per heavy atom. The van der Waals surface area contributed by atoms with Gasteiger partial charge in [0.1, 0.15) is 29.8 Å². The highest BCUT2D eigenvalue weighted by molar-refractivity contribution is 6.01. The molecule has 3 saturated heterocycles. The number of ether oxygens (including phenoxy) is 4. The summed E-state index contributed by atoms with van der Waals surface area (Å²) in [7, 11) is 6.40. The maximum absolute atomic E-state index is 14.9. The van der Waals surface area contributed by atoms with Crippen LogP contribution in [0.4, 0.5) is 4.79 Å². The molecule has 514 valence electrons. The number of para-hydroxylation sites is 1. The van der Waals surface area contributed by atoms with Crippen LogP contribution in [0.3, 0.4) is 0 Å². The van der Waals surface area contributed by atoms with E-state index in [4.69, 9.17) is 28.6 Å². The first-order valence-electron chi connectivity index (χ1n) is 32.4. The second-order valence-corrected chi connectivity index (χ2v) is 26.1. The van der Waals surface area contributed by atoms with Crippen molar-refractivity contribution in [3.05, 3.63) is 36.0 Å². The van der Waals surface area contributed by atoms with Gasteiger partial charge in [-0.3, -0.25) is 52.9 Å². The average molecular weight is 1300 g/mol. The van der Waals surface area contributed by atoms with Gasteiger partial charge in [-0.15, -0.1) is 5.06 Å². The number of carbonyl (C=O) groups is 11. The number of imide groups is 1. The lowest BCUT2D eigenvalue weighted by molar-refractivity contribution is -0.199. The molecule has 92 heavy (non-hydrogen) atoms. The third-order valence-corrected chi connectivity index (χ3v) is 17.3. The van der Waals surface area contributed by atoms with Gasteiger partial charge >= 0.3 is 18.0 Å². The number of alkyl carbamates (subject to hydrolysis) is 1. The Kier molecular flexibility index (Phi) is 28.8. The Morgan fingerprint density at radius 3 is 2.09 bits per heavy atom. The molecule has 0 radical (unpaired) electrons. The second-order valence-electron chi connectivity index (χ2n) is 26.1. The molecule has 2 aromatic rings. The molecule has 3 fully saturated rings. The Morgan fingerprint density at radius 2 is 1.48 bits per heavy atom. The lowest BCUT2D eigenvalue weighted by atomic mass is 9.89. The summed E-state index contributed by atoms with van der Waals surface area (Å²) in [6.07, 6.45) is 1.03. The zero-order valence-corrected chi connectivity index (χ0v) is 56.6. The number of hydrogen-bond donors (Lipinski definition) is 5. The van der Waals surface area contributed by atoms with Crippen molar-refractivity contribution in [2.75, 3.05) is 61.1 Å². The molecule has 1 aromatic carbocycles. The molecule has 9 amide bonds. The van der Waals surface area contributed by atoms with Gasteiger partial charge in [0.2, 0.25) is 29.5 Å². The number of nitrogens with one attached hydrogen (secondary N) is 5. The van der Waals surface area contributed by atoms with E-state index >= 15 is 0 Å². The molecular weight excluding hydrogens is 1190 g/mol. The summed E-state index contributed by atoms with van der Waals surface area (Å²) in [4.78, 5) is 167. The number of benzene rings is 1. The number of likely N-dealkylation sites (tertiary alicyclic amines) is 1. The molecule has 3 aliphatic rings. The van der Waals surface area contributed by atoms with Gasteiger partial charge in [-0.25, -0.2) is 14.7 Å². The minimum atomic E-state index is -1.49. The number of aromatic amines is 1. The van der Waals surface area contributed by atoms with Crippen molar-refractivity contribution in [3.63, 3.8) is 0 Å². The van der Waals surface area contributed by atoms with Gasteiger partial charge in [0.25, 0.3) is 17.7 Å². The van der Waals surface area contributed by atoms with Crippen LogP contribution in [-0.2, 0) is 83.0 Å². The molecule has 1 aromatic heterocycles. The van der Waals surface area contributed by atoms with Crippen LogP contribution in [0.15, 0.2) is 30.5 Å². The van der Waals surface area contributed by atoms with Gasteiger partial charge in [-0.1, -0.05) is 73.1 Å². The molecule has 27 nitrogen and oxygen atoms in total. The van der Waals surface area contributed by atoms with E-state index in [9.17, 15) is 52.7 Å². The molecule has 3 aliphatic heterocycles. The van der Waals surface area contributed by atoms with Gasteiger partial charge < -0.3 is 59.8 Å². The number of carbonyl (C=O) groups excluding carboxylic acids is 11. The number of methoxy groups -OCH3 is 2. The number of rotatable bonds is 33. The van der Waals surface area contributed by atoms with Crippen molar-refractivity contribution in [1.82, 2.24) is 51.1 Å². The molecule has 27 heteroatoms. The predicted octanol–water partition coefficient (Wildman–Crippen LogP) is 4.49. The van der Waals surface area contributed by atoms with E-state index < -0.39 is 120 Å². The van der Waals surface area contributed by atoms with Crippen molar-refractivity contribution in [1.29, 1.82) is 0 Å². The van der Waals surface area contributed by atoms with Crippen LogP contribution in [0.1, 0.15) is 152 Å². The van der Waals surface area contributed by atoms with Crippen molar-refractivity contribution < 1.29 is 81.4 Å². The smallest absolute Gasteiger partial charge is 0.408 e. The number of nitrogens with zero attached hydrogens (tertiary/aromatic N) is 5. The third kappa shape index (κ3) is 20.9. The molecule has 11 atom stereocenters. The number of hydroxylamine groups is 4. The summed E-state index contributed by atoms with van der Waals surface area (Å²) >= 11 is 0. The molecule has 5 N–H and O–H groups in total. The first-order valence-corrected chi connectivity index (χ1v) is 32.4. The zero-order chi connectivity index (χ0) is 68.3. The highest BCUT2D eigenvalue weighted by Crippen LogP contribution is 2.31. The number of fused-ring (bicyclic) bond motifs is 1. The van der Waals surface area contributed by atoms with E-state index in [1.54, 1.807) is 56.5 Å². The standard InChI is InChI=1S/C65H102N10O17/c1-16-40(6)57(48(87-14)36-51(78)73-32-21-25-47(73)58(88-15)41(7)59(81)68-46(62(84)74-33-19-20-34-89-74)35-43-37-67-45-24-18-17-23-44(43)45)72(13)63(85)54(38(2)3)69-61(83)56(39(4)5)71(12)31-22-26-52(79)90-42(8)55(70-64(86)91-65(9,10)11)60(82)66-30-29-53(80)92-75-49(76)27-28-50(75)77/h17-18,23-24,37-42,46-48,54-58,67H,16,19-22,25-36H2,1-15H3,(H,66,82)(H,68,81)(H,69,83)(H,70,86)/t40-,41+,42+,46-,47-,48+,54-,55-,56-,57-,58+/m0/s1. The van der Waals surface area contributed by atoms with Gasteiger partial charge in [0, 0.05) is 83.7 Å². The molecule has 0 aliphatic carbocycles. The summed E-state index contributed by atoms with van der Waals surface area (Å²) in [5.41, 5.74) is 0.816. The lowest BCUT2D eigenvalue weighted by Crippen LogP contribution is -2.60. The van der Waals surface area contributed by atoms with Crippen molar-refractivity contribution in [2.24, 2.45) is 23.7 Å². The van der Waals surface area contributed by atoms with Gasteiger partial charge in [0.15, 0.2) is 0 Å². The quantitative estimate of drug-likeness (QED) is 0.0486. The van der Waals surface area contributed by atoms with Gasteiger partial charge in [-0.2, -0.15) is 0 Å². The fourth-order valence-corrected chi connectivity index (χ4v) is 12.2. The highest BCUT2D eigenvalue weighted by Gasteiger charge is 2.45. The SMILES string of the molecule is CC[C@H](C)[C@@H]([C@@H](CC(=O)N1CCC[C@H]1[C@H](OC)[C@@H](C)C(=O)N[C@@H](Cc1c[nH]c2ccccc12)C(=O)N1CCCCO1)OC)N(C)C(=O)[C@@H](NC(=O)[C@H](C(C)C)N(C)CCCC(=O)O[C@H](C)[C@H](NC(=O)OC(C)(C)C)C(=O)NCCC(=O)ON1C(=O)CCC1=O)C(C)C. The van der Waals surface area contributed by atoms with Gasteiger partial charge in [0.05, 0.1) is 55.7 Å². The first kappa shape index (κ1) is 75.5. The minimum Gasteiger partial charge on any atom is -0.460 e. The summed E-state index contributed by atoms with van der Waals surface area (Å²) < 4.78 is 23.2. The van der Waals surface area contributed by atoms with Crippen LogP contribution in [0.25, 0.3) is 10.9 Å². The Hall–Kier alpha value is -7.23. The van der Waals surface area contributed by atoms with Gasteiger partial charge in [-0.05, 0) is 103 Å². The maximum Gasteiger partial charge on any atom is 0.408 e. The Balaban J connectivity index is 1.20. The number of hydrogen-bond acceptors (Lipinski definition) is 18. The topological polar surface area (TPSA) is 323 Å². The molecule has 4 heterocycles. The fourth-order valence-electron chi connectivity index (χ4n) is 12.2. The summed E-state index contributed by atoms with van der Waals surface area (Å²) in [5, 5.41) is 13.6. The number of amides is 9. The highest BCUT2D eigenvalue weighted by atomic mass is 16.7. The lowest BCUT2D eigenvalue weighted by Gasteiger charge is -2.41. The van der Waals surface area contributed by atoms with E-state index in [1.807, 2.05) is 72.0 Å². The van der Waals surface area contributed by atoms with E-state index in [0.717, 1.165) is 29.3 Å². The first-order chi connectivity index (χ1) is 43.4. The second kappa shape index (κ2) is 35.2. The van der Waals surface area contributed by atoms with Crippen LogP contribution in [0, 0.1) is 23.7 Å². The van der Waals surface area contributed by atoms with Crippen LogP contribution in [0.2, 0.25) is 0 Å². The molecule has 5 rings (SSSR count). The maximum atomic E-state index is 14.9. The van der Waals surface area contributed by atoms with E-state index in [-0.39, 0.29) is 87.1 Å². The van der Waals surface area contributed by atoms with E-state index in [0.29, 0.717) is 44.0 Å². The van der Waals surface area contributed by atoms with Crippen LogP contribution in [-0.4, -0.2) is 216 Å². The average Bonchev–Trinajstić information content (AvgIpc) is 1.68. The van der Waals surface area contributed by atoms with Crippen LogP contribution >= 0.6 is 0 Å². The van der Waals surface area contributed by atoms with Crippen molar-refractivity contribution in [2.45, 2.75) is 213 Å². The normalized spacial score (nSPS) is 18.7. The molecule has 0 spiro atoms. The van der Waals surface area contributed by atoms with Crippen LogP contribution < -0.4 is 21.3 Å². The van der Waals surface area contributed by atoms with Crippen molar-refractivity contribution in [3.8, 4) is 0 Å². The Bertz CT molecular complexity index is 2850. The molecule has 0 bridgehead atoms. The number of aromatic nitrogens is 1. The largest absolute Gasteiger partial charge is 0.460 e. The molecular formula is C65H102N10O17. The van der Waals surface area contributed by atoms with E-state index in [1.165, 1.54) is 26.2 Å². The zero-order valence-electron chi connectivity index (χ0n) is 56.6. The number of H-pyrrole nitrogens is 1. The summed E-state index contributed by atoms with van der Waals surface area (Å²) in [6, 6.07) is 2.43. The number of esters is 1. The van der Waals surface area contributed by atoms with Crippen LogP contribution in [0.5, 0.6) is 0 Å².